The lowest BCUT2D eigenvalue weighted by molar-refractivity contribution is 0.325. The number of likely N-dealkylation sites (tertiary alicyclic amines) is 1. The standard InChI is InChI=1S/C9H20N2/c1-2-3-4-6-11-7-5-9(10)8-11/h9H,2-8,10H2,1H3/t9-/m0/s1. The van der Waals surface area contributed by atoms with E-state index in [1.54, 1.807) is 0 Å². The van der Waals surface area contributed by atoms with Crippen molar-refractivity contribution in [2.45, 2.75) is 38.6 Å². The summed E-state index contributed by atoms with van der Waals surface area (Å²) in [4.78, 5) is 2.49. The molecule has 0 bridgehead atoms. The molecule has 0 aromatic carbocycles. The van der Waals surface area contributed by atoms with Crippen molar-refractivity contribution in [2.75, 3.05) is 19.6 Å². The number of nitrogens with zero attached hydrogens (tertiary/aromatic N) is 1. The lowest BCUT2D eigenvalue weighted by atomic mass is 10.2. The summed E-state index contributed by atoms with van der Waals surface area (Å²) in [7, 11) is 0. The highest BCUT2D eigenvalue weighted by Crippen LogP contribution is 2.08. The van der Waals surface area contributed by atoms with E-state index < -0.39 is 0 Å². The second kappa shape index (κ2) is 4.73. The van der Waals surface area contributed by atoms with E-state index in [9.17, 15) is 0 Å². The highest BCUT2D eigenvalue weighted by molar-refractivity contribution is 4.77. The van der Waals surface area contributed by atoms with E-state index in [2.05, 4.69) is 11.8 Å². The monoisotopic (exact) mass is 156 g/mol. The first-order valence-corrected chi connectivity index (χ1v) is 4.81. The van der Waals surface area contributed by atoms with Crippen LogP contribution in [-0.2, 0) is 0 Å². The van der Waals surface area contributed by atoms with E-state index in [0.29, 0.717) is 6.04 Å². The van der Waals surface area contributed by atoms with Gasteiger partial charge in [-0.25, -0.2) is 0 Å². The average molecular weight is 156 g/mol. The van der Waals surface area contributed by atoms with Crippen LogP contribution in [0.4, 0.5) is 0 Å². The van der Waals surface area contributed by atoms with E-state index in [4.69, 9.17) is 5.73 Å². The fourth-order valence-corrected chi connectivity index (χ4v) is 1.65. The maximum Gasteiger partial charge on any atom is 0.0180 e. The van der Waals surface area contributed by atoms with Crippen LogP contribution in [0.2, 0.25) is 0 Å². The highest BCUT2D eigenvalue weighted by atomic mass is 15.2. The minimum Gasteiger partial charge on any atom is -0.326 e. The first-order valence-electron chi connectivity index (χ1n) is 4.81. The molecule has 2 heteroatoms. The van der Waals surface area contributed by atoms with Gasteiger partial charge in [-0.15, -0.1) is 0 Å². The van der Waals surface area contributed by atoms with Crippen molar-refractivity contribution in [3.8, 4) is 0 Å². The summed E-state index contributed by atoms with van der Waals surface area (Å²) in [6, 6.07) is 0.455. The molecule has 0 spiro atoms. The Kier molecular flexibility index (Phi) is 3.87. The fraction of sp³-hybridized carbons (Fsp3) is 1.00. The van der Waals surface area contributed by atoms with Crippen molar-refractivity contribution in [3.63, 3.8) is 0 Å². The molecular formula is C9H20N2. The molecule has 1 aliphatic rings. The third kappa shape index (κ3) is 3.21. The third-order valence-electron chi connectivity index (χ3n) is 2.39. The zero-order valence-electron chi connectivity index (χ0n) is 7.55. The minimum atomic E-state index is 0.455. The zero-order chi connectivity index (χ0) is 8.10. The van der Waals surface area contributed by atoms with Crippen LogP contribution in [0.25, 0.3) is 0 Å². The van der Waals surface area contributed by atoms with Crippen molar-refractivity contribution in [1.29, 1.82) is 0 Å². The molecule has 1 fully saturated rings. The summed E-state index contributed by atoms with van der Waals surface area (Å²) in [6.45, 7) is 5.87. The Balaban J connectivity index is 1.99. The minimum absolute atomic E-state index is 0.455. The summed E-state index contributed by atoms with van der Waals surface area (Å²) in [5.41, 5.74) is 5.79. The Morgan fingerprint density at radius 3 is 2.82 bits per heavy atom. The normalized spacial score (nSPS) is 26.2. The van der Waals surface area contributed by atoms with Crippen LogP contribution in [0.1, 0.15) is 32.6 Å². The first kappa shape index (κ1) is 9.01. The number of hydrogen-bond acceptors (Lipinski definition) is 2. The van der Waals surface area contributed by atoms with Gasteiger partial charge >= 0.3 is 0 Å². The molecule has 1 heterocycles. The predicted octanol–water partition coefficient (Wildman–Crippen LogP) is 1.21. The van der Waals surface area contributed by atoms with Crippen molar-refractivity contribution in [1.82, 2.24) is 4.90 Å². The molecule has 11 heavy (non-hydrogen) atoms. The Bertz CT molecular complexity index is 104. The maximum absolute atomic E-state index is 5.79. The molecule has 0 aromatic heterocycles. The second-order valence-corrected chi connectivity index (χ2v) is 3.56. The molecule has 0 unspecified atom stereocenters. The van der Waals surface area contributed by atoms with Gasteiger partial charge in [-0.05, 0) is 25.9 Å². The molecule has 0 saturated carbocycles. The molecule has 2 N–H and O–H groups in total. The van der Waals surface area contributed by atoms with Gasteiger partial charge in [0.25, 0.3) is 0 Å². The van der Waals surface area contributed by atoms with Crippen LogP contribution in [0.5, 0.6) is 0 Å². The molecule has 1 aliphatic heterocycles. The Labute approximate surface area is 69.8 Å². The largest absolute Gasteiger partial charge is 0.326 e. The van der Waals surface area contributed by atoms with Gasteiger partial charge in [0.15, 0.2) is 0 Å². The smallest absolute Gasteiger partial charge is 0.0180 e. The number of unbranched alkanes of at least 4 members (excludes halogenated alkanes) is 2. The number of rotatable bonds is 4. The first-order chi connectivity index (χ1) is 5.33. The van der Waals surface area contributed by atoms with Crippen molar-refractivity contribution < 1.29 is 0 Å². The predicted molar refractivity (Wildman–Crippen MR) is 48.6 cm³/mol. The van der Waals surface area contributed by atoms with Gasteiger partial charge in [0.1, 0.15) is 0 Å². The Morgan fingerprint density at radius 2 is 2.27 bits per heavy atom. The molecule has 0 aliphatic carbocycles. The van der Waals surface area contributed by atoms with Crippen LogP contribution >= 0.6 is 0 Å². The van der Waals surface area contributed by atoms with Crippen molar-refractivity contribution in [2.24, 2.45) is 5.73 Å². The van der Waals surface area contributed by atoms with Crippen molar-refractivity contribution >= 4 is 0 Å². The van der Waals surface area contributed by atoms with Crippen LogP contribution in [0, 0.1) is 0 Å². The molecule has 2 nitrogen and oxygen atoms in total. The van der Waals surface area contributed by atoms with Gasteiger partial charge in [0.2, 0.25) is 0 Å². The number of nitrogens with two attached hydrogens (primary N) is 1. The van der Waals surface area contributed by atoms with Gasteiger partial charge in [-0.3, -0.25) is 0 Å². The molecule has 0 radical (unpaired) electrons. The van der Waals surface area contributed by atoms with Crippen LogP contribution in [-0.4, -0.2) is 30.6 Å². The molecule has 1 rings (SSSR count). The Hall–Kier alpha value is -0.0800. The molecule has 66 valence electrons. The summed E-state index contributed by atoms with van der Waals surface area (Å²) < 4.78 is 0. The lowest BCUT2D eigenvalue weighted by Gasteiger charge is -2.13. The second-order valence-electron chi connectivity index (χ2n) is 3.56. The van der Waals surface area contributed by atoms with E-state index in [1.807, 2.05) is 0 Å². The lowest BCUT2D eigenvalue weighted by Crippen LogP contribution is -2.27. The van der Waals surface area contributed by atoms with Crippen LogP contribution in [0.15, 0.2) is 0 Å². The summed E-state index contributed by atoms with van der Waals surface area (Å²) in [5, 5.41) is 0. The molecular weight excluding hydrogens is 136 g/mol. The number of hydrogen-bond donors (Lipinski definition) is 1. The van der Waals surface area contributed by atoms with Gasteiger partial charge < -0.3 is 10.6 Å². The summed E-state index contributed by atoms with van der Waals surface area (Å²) >= 11 is 0. The molecule has 1 atom stereocenters. The third-order valence-corrected chi connectivity index (χ3v) is 2.39. The van der Waals surface area contributed by atoms with Gasteiger partial charge in [0, 0.05) is 12.6 Å². The highest BCUT2D eigenvalue weighted by Gasteiger charge is 2.17. The topological polar surface area (TPSA) is 29.3 Å². The summed E-state index contributed by atoms with van der Waals surface area (Å²) in [6.07, 6.45) is 5.24. The SMILES string of the molecule is CCCCCN1CC[C@H](N)C1. The van der Waals surface area contributed by atoms with E-state index >= 15 is 0 Å². The summed E-state index contributed by atoms with van der Waals surface area (Å²) in [5.74, 6) is 0. The Morgan fingerprint density at radius 1 is 1.45 bits per heavy atom. The van der Waals surface area contributed by atoms with Gasteiger partial charge in [0.05, 0.1) is 0 Å². The quantitative estimate of drug-likeness (QED) is 0.620. The zero-order valence-corrected chi connectivity index (χ0v) is 7.55. The maximum atomic E-state index is 5.79. The van der Waals surface area contributed by atoms with Gasteiger partial charge in [-0.2, -0.15) is 0 Å². The molecule has 0 amide bonds. The molecule has 1 saturated heterocycles. The van der Waals surface area contributed by atoms with Crippen molar-refractivity contribution in [3.05, 3.63) is 0 Å². The fourth-order valence-electron chi connectivity index (χ4n) is 1.65. The van der Waals surface area contributed by atoms with E-state index in [1.165, 1.54) is 38.8 Å². The van der Waals surface area contributed by atoms with Crippen LogP contribution in [0.3, 0.4) is 0 Å². The van der Waals surface area contributed by atoms with E-state index in [0.717, 1.165) is 6.54 Å². The molecule has 0 aromatic rings. The van der Waals surface area contributed by atoms with Crippen LogP contribution < -0.4 is 5.73 Å². The van der Waals surface area contributed by atoms with E-state index in [-0.39, 0.29) is 0 Å². The van der Waals surface area contributed by atoms with Gasteiger partial charge in [-0.1, -0.05) is 19.8 Å². The average Bonchev–Trinajstić information content (AvgIpc) is 2.37.